The van der Waals surface area contributed by atoms with Gasteiger partial charge in [0.2, 0.25) is 5.89 Å². The van der Waals surface area contributed by atoms with E-state index in [0.29, 0.717) is 16.1 Å². The van der Waals surface area contributed by atoms with Crippen LogP contribution in [0.4, 0.5) is 13.2 Å². The summed E-state index contributed by atoms with van der Waals surface area (Å²) in [5, 5.41) is 2.83. The predicted octanol–water partition coefficient (Wildman–Crippen LogP) is 3.79. The van der Waals surface area contributed by atoms with Crippen molar-refractivity contribution in [1.82, 2.24) is 10.3 Å². The summed E-state index contributed by atoms with van der Waals surface area (Å²) in [6, 6.07) is 3.00. The number of benzene rings is 1. The second-order valence-electron chi connectivity index (χ2n) is 3.56. The van der Waals surface area contributed by atoms with Gasteiger partial charge in [0.1, 0.15) is 5.52 Å². The van der Waals surface area contributed by atoms with Crippen molar-refractivity contribution >= 4 is 34.3 Å². The standard InChI is InChI=1S/C10H7Cl2F3N2O/c11-5-1-6(12)9-7(2-5)17-8(18-9)3-16-4-10(13,14)15/h1-2,16H,3-4H2. The molecule has 1 aromatic heterocycles. The van der Waals surface area contributed by atoms with E-state index in [-0.39, 0.29) is 17.5 Å². The molecule has 0 aliphatic rings. The summed E-state index contributed by atoms with van der Waals surface area (Å²) in [5.41, 5.74) is 0.723. The molecule has 3 nitrogen and oxygen atoms in total. The Labute approximate surface area is 110 Å². The van der Waals surface area contributed by atoms with Gasteiger partial charge in [-0.2, -0.15) is 13.2 Å². The molecule has 0 unspecified atom stereocenters. The molecule has 0 radical (unpaired) electrons. The zero-order valence-electron chi connectivity index (χ0n) is 8.81. The summed E-state index contributed by atoms with van der Waals surface area (Å²) >= 11 is 11.6. The average Bonchev–Trinajstić information content (AvgIpc) is 2.58. The topological polar surface area (TPSA) is 38.1 Å². The summed E-state index contributed by atoms with van der Waals surface area (Å²) in [7, 11) is 0. The quantitative estimate of drug-likeness (QED) is 0.937. The Bertz CT molecular complexity index is 568. The molecule has 0 aliphatic carbocycles. The fourth-order valence-electron chi connectivity index (χ4n) is 1.39. The summed E-state index contributed by atoms with van der Waals surface area (Å²) in [5.74, 6) is 0.124. The highest BCUT2D eigenvalue weighted by molar-refractivity contribution is 6.37. The van der Waals surface area contributed by atoms with Crippen LogP contribution in [-0.4, -0.2) is 17.7 Å². The first kappa shape index (κ1) is 13.5. The molecule has 0 saturated heterocycles. The van der Waals surface area contributed by atoms with Crippen LogP contribution in [0.15, 0.2) is 16.5 Å². The third-order valence-electron chi connectivity index (χ3n) is 2.06. The fourth-order valence-corrected chi connectivity index (χ4v) is 1.91. The van der Waals surface area contributed by atoms with Gasteiger partial charge >= 0.3 is 6.18 Å². The Morgan fingerprint density at radius 3 is 2.67 bits per heavy atom. The number of fused-ring (bicyclic) bond motifs is 1. The largest absolute Gasteiger partial charge is 0.438 e. The third kappa shape index (κ3) is 3.28. The number of hydrogen-bond donors (Lipinski definition) is 1. The monoisotopic (exact) mass is 298 g/mol. The minimum absolute atomic E-state index is 0.124. The second-order valence-corrected chi connectivity index (χ2v) is 4.41. The zero-order valence-corrected chi connectivity index (χ0v) is 10.3. The van der Waals surface area contributed by atoms with Gasteiger partial charge in [0, 0.05) is 5.02 Å². The predicted molar refractivity (Wildman–Crippen MR) is 61.8 cm³/mol. The van der Waals surface area contributed by atoms with E-state index in [1.807, 2.05) is 0 Å². The van der Waals surface area contributed by atoms with Gasteiger partial charge in [-0.15, -0.1) is 0 Å². The summed E-state index contributed by atoms with van der Waals surface area (Å²) < 4.78 is 41.0. The molecule has 98 valence electrons. The van der Waals surface area contributed by atoms with Gasteiger partial charge in [0.05, 0.1) is 18.1 Å². The van der Waals surface area contributed by atoms with Gasteiger partial charge in [0.15, 0.2) is 5.58 Å². The van der Waals surface area contributed by atoms with Gasteiger partial charge in [-0.05, 0) is 12.1 Å². The molecule has 0 aliphatic heterocycles. The van der Waals surface area contributed by atoms with E-state index in [2.05, 4.69) is 10.3 Å². The van der Waals surface area contributed by atoms with Crippen molar-refractivity contribution in [1.29, 1.82) is 0 Å². The lowest BCUT2D eigenvalue weighted by Crippen LogP contribution is -2.28. The second kappa shape index (κ2) is 4.95. The highest BCUT2D eigenvalue weighted by Crippen LogP contribution is 2.28. The van der Waals surface area contributed by atoms with Crippen LogP contribution >= 0.6 is 23.2 Å². The maximum atomic E-state index is 11.9. The number of aromatic nitrogens is 1. The molecule has 8 heteroatoms. The number of alkyl halides is 3. The summed E-state index contributed by atoms with van der Waals surface area (Å²) in [6.07, 6.45) is -4.27. The van der Waals surface area contributed by atoms with Crippen LogP contribution in [0.25, 0.3) is 11.1 Å². The van der Waals surface area contributed by atoms with Crippen LogP contribution in [0.2, 0.25) is 10.0 Å². The van der Waals surface area contributed by atoms with Gasteiger partial charge < -0.3 is 9.73 Å². The normalized spacial score (nSPS) is 12.3. The first-order chi connectivity index (χ1) is 8.35. The highest BCUT2D eigenvalue weighted by Gasteiger charge is 2.26. The minimum atomic E-state index is -4.27. The van der Waals surface area contributed by atoms with Crippen molar-refractivity contribution in [3.05, 3.63) is 28.1 Å². The fraction of sp³-hybridized carbons (Fsp3) is 0.300. The molecule has 0 spiro atoms. The Morgan fingerprint density at radius 1 is 1.28 bits per heavy atom. The summed E-state index contributed by atoms with van der Waals surface area (Å²) in [4.78, 5) is 3.99. The molecule has 0 fully saturated rings. The third-order valence-corrected chi connectivity index (χ3v) is 2.55. The van der Waals surface area contributed by atoms with Crippen molar-refractivity contribution < 1.29 is 17.6 Å². The average molecular weight is 299 g/mol. The molecular weight excluding hydrogens is 292 g/mol. The van der Waals surface area contributed by atoms with Crippen LogP contribution in [0, 0.1) is 0 Å². The van der Waals surface area contributed by atoms with E-state index in [0.717, 1.165) is 0 Å². The molecule has 1 heterocycles. The van der Waals surface area contributed by atoms with Gasteiger partial charge in [-0.25, -0.2) is 4.98 Å². The Morgan fingerprint density at radius 2 is 2.00 bits per heavy atom. The van der Waals surface area contributed by atoms with Crippen molar-refractivity contribution in [2.75, 3.05) is 6.54 Å². The van der Waals surface area contributed by atoms with Crippen molar-refractivity contribution in [3.8, 4) is 0 Å². The van der Waals surface area contributed by atoms with Crippen LogP contribution < -0.4 is 5.32 Å². The number of halogens is 5. The molecule has 0 saturated carbocycles. The molecular formula is C10H7Cl2F3N2O. The van der Waals surface area contributed by atoms with Crippen LogP contribution in [0.3, 0.4) is 0 Å². The molecule has 0 atom stereocenters. The smallest absolute Gasteiger partial charge is 0.401 e. The van der Waals surface area contributed by atoms with Crippen molar-refractivity contribution in [3.63, 3.8) is 0 Å². The molecule has 2 rings (SSSR count). The summed E-state index contributed by atoms with van der Waals surface area (Å²) in [6.45, 7) is -1.25. The first-order valence-electron chi connectivity index (χ1n) is 4.87. The molecule has 18 heavy (non-hydrogen) atoms. The molecule has 1 aromatic carbocycles. The van der Waals surface area contributed by atoms with E-state index in [1.54, 1.807) is 0 Å². The van der Waals surface area contributed by atoms with Gasteiger partial charge in [0.25, 0.3) is 0 Å². The van der Waals surface area contributed by atoms with Crippen molar-refractivity contribution in [2.45, 2.75) is 12.7 Å². The maximum absolute atomic E-state index is 11.9. The van der Waals surface area contributed by atoms with Crippen LogP contribution in [0.5, 0.6) is 0 Å². The number of nitrogens with one attached hydrogen (secondary N) is 1. The van der Waals surface area contributed by atoms with E-state index >= 15 is 0 Å². The van der Waals surface area contributed by atoms with Crippen molar-refractivity contribution in [2.24, 2.45) is 0 Å². The first-order valence-corrected chi connectivity index (χ1v) is 5.63. The SMILES string of the molecule is FC(F)(F)CNCc1nc2cc(Cl)cc(Cl)c2o1. The molecule has 0 bridgehead atoms. The van der Waals surface area contributed by atoms with Crippen LogP contribution in [0.1, 0.15) is 5.89 Å². The zero-order chi connectivity index (χ0) is 13.3. The molecule has 2 aromatic rings. The van der Waals surface area contributed by atoms with E-state index < -0.39 is 12.7 Å². The molecule has 0 amide bonds. The molecule has 1 N–H and O–H groups in total. The van der Waals surface area contributed by atoms with Gasteiger partial charge in [-0.3, -0.25) is 0 Å². The highest BCUT2D eigenvalue weighted by atomic mass is 35.5. The van der Waals surface area contributed by atoms with E-state index in [9.17, 15) is 13.2 Å². The number of nitrogens with zero attached hydrogens (tertiary/aromatic N) is 1. The lowest BCUT2D eigenvalue weighted by molar-refractivity contribution is -0.125. The number of hydrogen-bond acceptors (Lipinski definition) is 3. The lowest BCUT2D eigenvalue weighted by Gasteiger charge is -2.05. The minimum Gasteiger partial charge on any atom is -0.438 e. The van der Waals surface area contributed by atoms with Gasteiger partial charge in [-0.1, -0.05) is 23.2 Å². The number of oxazole rings is 1. The Hall–Kier alpha value is -0.980. The van der Waals surface area contributed by atoms with E-state index in [4.69, 9.17) is 27.6 Å². The Kier molecular flexibility index (Phi) is 3.70. The van der Waals surface area contributed by atoms with Crippen LogP contribution in [-0.2, 0) is 6.54 Å². The maximum Gasteiger partial charge on any atom is 0.401 e. The van der Waals surface area contributed by atoms with E-state index in [1.165, 1.54) is 12.1 Å². The number of rotatable bonds is 3. The lowest BCUT2D eigenvalue weighted by atomic mass is 10.3. The Balaban J connectivity index is 2.13.